The van der Waals surface area contributed by atoms with Crippen molar-refractivity contribution in [2.75, 3.05) is 17.7 Å². The number of hydrogen-bond acceptors (Lipinski definition) is 7. The Balaban J connectivity index is 1.89. The Kier molecular flexibility index (Phi) is 3.04. The monoisotopic (exact) mass is 271 g/mol. The van der Waals surface area contributed by atoms with Gasteiger partial charge in [0.15, 0.2) is 0 Å². The van der Waals surface area contributed by atoms with Crippen LogP contribution in [0.25, 0.3) is 5.95 Å². The van der Waals surface area contributed by atoms with Gasteiger partial charge in [0, 0.05) is 31.5 Å². The van der Waals surface area contributed by atoms with Crippen molar-refractivity contribution in [1.29, 1.82) is 0 Å². The molecule has 0 fully saturated rings. The van der Waals surface area contributed by atoms with Crippen LogP contribution in [-0.2, 0) is 6.54 Å². The normalized spacial score (nSPS) is 10.7. The van der Waals surface area contributed by atoms with Crippen LogP contribution in [0.2, 0.25) is 0 Å². The first-order valence-corrected chi connectivity index (χ1v) is 5.94. The molecule has 0 aromatic carbocycles. The van der Waals surface area contributed by atoms with Crippen molar-refractivity contribution in [3.63, 3.8) is 0 Å². The molecule has 3 aromatic heterocycles. The Labute approximate surface area is 114 Å². The summed E-state index contributed by atoms with van der Waals surface area (Å²) in [7, 11) is 1.87. The SMILES string of the molecule is CN(Cc1ccoc1)c1nc(N)nc(-n2ccnc2)n1. The highest BCUT2D eigenvalue weighted by Crippen LogP contribution is 2.13. The summed E-state index contributed by atoms with van der Waals surface area (Å²) in [5, 5.41) is 0. The van der Waals surface area contributed by atoms with Crippen LogP contribution >= 0.6 is 0 Å². The van der Waals surface area contributed by atoms with E-state index in [1.54, 1.807) is 35.8 Å². The number of rotatable bonds is 4. The van der Waals surface area contributed by atoms with E-state index in [-0.39, 0.29) is 5.95 Å². The summed E-state index contributed by atoms with van der Waals surface area (Å²) in [5.41, 5.74) is 6.76. The number of nitrogen functional groups attached to an aromatic ring is 1. The van der Waals surface area contributed by atoms with Crippen molar-refractivity contribution >= 4 is 11.9 Å². The number of nitrogens with zero attached hydrogens (tertiary/aromatic N) is 6. The van der Waals surface area contributed by atoms with Gasteiger partial charge in [-0.05, 0) is 6.07 Å². The van der Waals surface area contributed by atoms with E-state index in [9.17, 15) is 0 Å². The van der Waals surface area contributed by atoms with Crippen LogP contribution in [0.15, 0.2) is 41.7 Å². The lowest BCUT2D eigenvalue weighted by Gasteiger charge is -2.16. The van der Waals surface area contributed by atoms with Gasteiger partial charge in [-0.15, -0.1) is 0 Å². The molecule has 0 spiro atoms. The van der Waals surface area contributed by atoms with Gasteiger partial charge in [0.1, 0.15) is 6.33 Å². The molecule has 0 saturated carbocycles. The van der Waals surface area contributed by atoms with E-state index in [4.69, 9.17) is 10.2 Å². The number of imidazole rings is 1. The lowest BCUT2D eigenvalue weighted by atomic mass is 10.3. The Hall–Kier alpha value is -2.90. The van der Waals surface area contributed by atoms with Gasteiger partial charge in [0.2, 0.25) is 17.8 Å². The average molecular weight is 271 g/mol. The minimum absolute atomic E-state index is 0.165. The molecule has 3 rings (SSSR count). The van der Waals surface area contributed by atoms with E-state index in [0.717, 1.165) is 5.56 Å². The summed E-state index contributed by atoms with van der Waals surface area (Å²) in [6, 6.07) is 1.89. The molecule has 0 unspecified atom stereocenters. The van der Waals surface area contributed by atoms with Crippen molar-refractivity contribution in [2.45, 2.75) is 6.54 Å². The zero-order valence-corrected chi connectivity index (χ0v) is 10.8. The second-order valence-corrected chi connectivity index (χ2v) is 4.25. The molecule has 8 nitrogen and oxygen atoms in total. The fourth-order valence-electron chi connectivity index (χ4n) is 1.76. The largest absolute Gasteiger partial charge is 0.472 e. The highest BCUT2D eigenvalue weighted by molar-refractivity contribution is 5.37. The summed E-state index contributed by atoms with van der Waals surface area (Å²) in [6.07, 6.45) is 8.30. The maximum absolute atomic E-state index is 5.74. The van der Waals surface area contributed by atoms with Crippen LogP contribution in [0.4, 0.5) is 11.9 Å². The number of nitrogens with two attached hydrogens (primary N) is 1. The molecule has 0 aliphatic carbocycles. The molecular weight excluding hydrogens is 258 g/mol. The van der Waals surface area contributed by atoms with E-state index in [2.05, 4.69) is 19.9 Å². The third kappa shape index (κ3) is 2.44. The second-order valence-electron chi connectivity index (χ2n) is 4.25. The minimum Gasteiger partial charge on any atom is -0.472 e. The third-order valence-electron chi connectivity index (χ3n) is 2.71. The van der Waals surface area contributed by atoms with Crippen molar-refractivity contribution in [1.82, 2.24) is 24.5 Å². The molecule has 0 radical (unpaired) electrons. The zero-order chi connectivity index (χ0) is 13.9. The third-order valence-corrected chi connectivity index (χ3v) is 2.71. The molecule has 0 saturated heterocycles. The molecule has 0 atom stereocenters. The van der Waals surface area contributed by atoms with Crippen LogP contribution < -0.4 is 10.6 Å². The summed E-state index contributed by atoms with van der Waals surface area (Å²) in [6.45, 7) is 0.614. The van der Waals surface area contributed by atoms with Crippen LogP contribution in [0, 0.1) is 0 Å². The lowest BCUT2D eigenvalue weighted by Crippen LogP contribution is -2.21. The number of anilines is 2. The molecular formula is C12H13N7O. The Morgan fingerprint density at radius 2 is 2.25 bits per heavy atom. The van der Waals surface area contributed by atoms with Gasteiger partial charge in [-0.25, -0.2) is 4.98 Å². The molecule has 0 bridgehead atoms. The second kappa shape index (κ2) is 5.00. The van der Waals surface area contributed by atoms with Crippen molar-refractivity contribution in [2.24, 2.45) is 0 Å². The van der Waals surface area contributed by atoms with E-state index < -0.39 is 0 Å². The first kappa shape index (κ1) is 12.2. The maximum Gasteiger partial charge on any atom is 0.241 e. The summed E-state index contributed by atoms with van der Waals surface area (Å²) in [5.74, 6) is 1.09. The Bertz CT molecular complexity index is 678. The molecule has 3 aromatic rings. The highest BCUT2D eigenvalue weighted by Gasteiger charge is 2.11. The smallest absolute Gasteiger partial charge is 0.241 e. The maximum atomic E-state index is 5.74. The van der Waals surface area contributed by atoms with Crippen LogP contribution in [0.1, 0.15) is 5.56 Å². The molecule has 0 aliphatic rings. The zero-order valence-electron chi connectivity index (χ0n) is 10.8. The Morgan fingerprint density at radius 1 is 1.35 bits per heavy atom. The summed E-state index contributed by atoms with van der Waals surface area (Å²) >= 11 is 0. The van der Waals surface area contributed by atoms with Crippen molar-refractivity contribution in [3.8, 4) is 5.95 Å². The van der Waals surface area contributed by atoms with Gasteiger partial charge >= 0.3 is 0 Å². The van der Waals surface area contributed by atoms with E-state index in [1.165, 1.54) is 0 Å². The van der Waals surface area contributed by atoms with Gasteiger partial charge in [-0.3, -0.25) is 4.57 Å². The van der Waals surface area contributed by atoms with Gasteiger partial charge in [-0.1, -0.05) is 0 Å². The number of aromatic nitrogens is 5. The van der Waals surface area contributed by atoms with Crippen LogP contribution in [0.3, 0.4) is 0 Å². The average Bonchev–Trinajstić information content (AvgIpc) is 3.11. The number of furan rings is 1. The van der Waals surface area contributed by atoms with Gasteiger partial charge in [-0.2, -0.15) is 15.0 Å². The van der Waals surface area contributed by atoms with E-state index >= 15 is 0 Å². The number of hydrogen-bond donors (Lipinski definition) is 1. The van der Waals surface area contributed by atoms with Crippen molar-refractivity contribution < 1.29 is 4.42 Å². The minimum atomic E-state index is 0.165. The molecule has 8 heteroatoms. The topological polar surface area (TPSA) is 98.9 Å². The first-order chi connectivity index (χ1) is 9.72. The van der Waals surface area contributed by atoms with Crippen LogP contribution in [0.5, 0.6) is 0 Å². The standard InChI is InChI=1S/C12H13N7O/c1-18(6-9-2-5-20-7-9)11-15-10(13)16-12(17-11)19-4-3-14-8-19/h2-5,7-8H,6H2,1H3,(H2,13,15,16,17). The highest BCUT2D eigenvalue weighted by atomic mass is 16.3. The molecule has 2 N–H and O–H groups in total. The van der Waals surface area contributed by atoms with Crippen molar-refractivity contribution in [3.05, 3.63) is 42.9 Å². The lowest BCUT2D eigenvalue weighted by molar-refractivity contribution is 0.563. The summed E-state index contributed by atoms with van der Waals surface area (Å²) in [4.78, 5) is 18.4. The summed E-state index contributed by atoms with van der Waals surface area (Å²) < 4.78 is 6.71. The van der Waals surface area contributed by atoms with Gasteiger partial charge in [0.25, 0.3) is 0 Å². The fraction of sp³-hybridized carbons (Fsp3) is 0.167. The predicted octanol–water partition coefficient (Wildman–Crippen LogP) is 0.869. The van der Waals surface area contributed by atoms with Gasteiger partial charge in [0.05, 0.1) is 12.5 Å². The van der Waals surface area contributed by atoms with E-state index in [0.29, 0.717) is 18.4 Å². The first-order valence-electron chi connectivity index (χ1n) is 5.94. The van der Waals surface area contributed by atoms with E-state index in [1.807, 2.05) is 18.0 Å². The molecule has 3 heterocycles. The molecule has 0 amide bonds. The predicted molar refractivity (Wildman–Crippen MR) is 72.2 cm³/mol. The quantitative estimate of drug-likeness (QED) is 0.751. The Morgan fingerprint density at radius 3 is 2.95 bits per heavy atom. The fourth-order valence-corrected chi connectivity index (χ4v) is 1.76. The van der Waals surface area contributed by atoms with Crippen LogP contribution in [-0.4, -0.2) is 31.6 Å². The molecule has 102 valence electrons. The van der Waals surface area contributed by atoms with Gasteiger partial charge < -0.3 is 15.1 Å². The molecule has 20 heavy (non-hydrogen) atoms. The molecule has 0 aliphatic heterocycles.